The van der Waals surface area contributed by atoms with Gasteiger partial charge >= 0.3 is 5.97 Å². The summed E-state index contributed by atoms with van der Waals surface area (Å²) in [6, 6.07) is 11.7. The van der Waals surface area contributed by atoms with Crippen LogP contribution in [0.1, 0.15) is 17.5 Å². The van der Waals surface area contributed by atoms with Crippen molar-refractivity contribution in [1.29, 1.82) is 0 Å². The minimum atomic E-state index is -0.306. The number of morpholine rings is 1. The number of hydrogen-bond donors (Lipinski definition) is 1. The lowest BCUT2D eigenvalue weighted by Gasteiger charge is -2.33. The van der Waals surface area contributed by atoms with Crippen molar-refractivity contribution in [1.82, 2.24) is 10.2 Å². The molecule has 0 radical (unpaired) electrons. The molecule has 2 heterocycles. The third-order valence-electron chi connectivity index (χ3n) is 6.41. The van der Waals surface area contributed by atoms with E-state index in [1.165, 1.54) is 18.9 Å². The number of fused-ring (bicyclic) bond motifs is 1. The van der Waals surface area contributed by atoms with Gasteiger partial charge in [-0.3, -0.25) is 9.69 Å². The van der Waals surface area contributed by atoms with E-state index in [2.05, 4.69) is 15.1 Å². The molecule has 0 bridgehead atoms. The van der Waals surface area contributed by atoms with Gasteiger partial charge in [0.25, 0.3) is 0 Å². The van der Waals surface area contributed by atoms with Crippen LogP contribution in [0.25, 0.3) is 6.08 Å². The van der Waals surface area contributed by atoms with Crippen molar-refractivity contribution in [2.24, 2.45) is 0 Å². The molecule has 1 N–H and O–H groups in total. The molecule has 7 nitrogen and oxygen atoms in total. The van der Waals surface area contributed by atoms with E-state index in [1.807, 2.05) is 49.5 Å². The van der Waals surface area contributed by atoms with Gasteiger partial charge < -0.3 is 19.7 Å². The smallest absolute Gasteiger partial charge is 0.333 e. The largest absolute Gasteiger partial charge is 0.466 e. The average molecular weight is 565 g/mol. The highest BCUT2D eigenvalue weighted by molar-refractivity contribution is 8.00. The molecule has 37 heavy (non-hydrogen) atoms. The number of rotatable bonds is 8. The number of esters is 1. The number of amides is 1. The zero-order chi connectivity index (χ0) is 26.4. The number of anilines is 1. The highest BCUT2D eigenvalue weighted by atomic mass is 35.5. The molecule has 0 saturated carbocycles. The second-order valence-corrected chi connectivity index (χ2v) is 11.0. The van der Waals surface area contributed by atoms with Crippen LogP contribution < -0.4 is 10.2 Å². The van der Waals surface area contributed by atoms with Crippen molar-refractivity contribution < 1.29 is 19.1 Å². The van der Waals surface area contributed by atoms with E-state index in [1.54, 1.807) is 0 Å². The first-order chi connectivity index (χ1) is 17.8. The summed E-state index contributed by atoms with van der Waals surface area (Å²) in [5.41, 5.74) is 3.74. The fraction of sp³-hybridized carbons (Fsp3) is 0.407. The fourth-order valence-corrected chi connectivity index (χ4v) is 5.51. The Morgan fingerprint density at radius 2 is 2.00 bits per heavy atom. The average Bonchev–Trinajstić information content (AvgIpc) is 3.06. The molecule has 0 aromatic heterocycles. The topological polar surface area (TPSA) is 71.1 Å². The van der Waals surface area contributed by atoms with E-state index in [9.17, 15) is 9.59 Å². The van der Waals surface area contributed by atoms with Crippen LogP contribution in [-0.4, -0.2) is 75.6 Å². The predicted octanol–water partition coefficient (Wildman–Crippen LogP) is 4.50. The highest BCUT2D eigenvalue weighted by Crippen LogP contribution is 2.31. The number of carbonyl (C=O) groups is 2. The third kappa shape index (κ3) is 7.65. The van der Waals surface area contributed by atoms with Crippen molar-refractivity contribution in [3.63, 3.8) is 0 Å². The highest BCUT2D eigenvalue weighted by Gasteiger charge is 2.22. The molecule has 1 amide bonds. The number of nitrogens with zero attached hydrogens (tertiary/aromatic N) is 2. The van der Waals surface area contributed by atoms with Gasteiger partial charge in [0, 0.05) is 55.9 Å². The number of methoxy groups -OCH3 is 1. The Hall–Kier alpha value is -2.23. The Bertz CT molecular complexity index is 1180. The molecule has 0 aliphatic carbocycles. The van der Waals surface area contributed by atoms with Gasteiger partial charge in [-0.05, 0) is 54.0 Å². The van der Waals surface area contributed by atoms with Crippen LogP contribution in [0, 0.1) is 0 Å². The molecular weight excluding hydrogens is 533 g/mol. The number of halogens is 2. The van der Waals surface area contributed by atoms with E-state index in [4.69, 9.17) is 32.7 Å². The zero-order valence-corrected chi connectivity index (χ0v) is 23.3. The van der Waals surface area contributed by atoms with Crippen LogP contribution in [0.2, 0.25) is 10.0 Å². The van der Waals surface area contributed by atoms with Crippen molar-refractivity contribution in [2.75, 3.05) is 57.6 Å². The van der Waals surface area contributed by atoms with Gasteiger partial charge in [-0.2, -0.15) is 0 Å². The molecule has 1 atom stereocenters. The fourth-order valence-electron chi connectivity index (χ4n) is 4.42. The van der Waals surface area contributed by atoms with Crippen LogP contribution in [0.5, 0.6) is 0 Å². The van der Waals surface area contributed by atoms with Crippen LogP contribution in [0.4, 0.5) is 5.69 Å². The predicted molar refractivity (Wildman–Crippen MR) is 150 cm³/mol. The molecule has 1 unspecified atom stereocenters. The maximum Gasteiger partial charge on any atom is 0.333 e. The van der Waals surface area contributed by atoms with Crippen molar-refractivity contribution in [3.8, 4) is 0 Å². The number of thioether (sulfide) groups is 1. The van der Waals surface area contributed by atoms with E-state index in [0.29, 0.717) is 40.9 Å². The molecule has 0 spiro atoms. The van der Waals surface area contributed by atoms with Crippen molar-refractivity contribution in [3.05, 3.63) is 63.1 Å². The van der Waals surface area contributed by atoms with E-state index in [0.717, 1.165) is 47.9 Å². The summed E-state index contributed by atoms with van der Waals surface area (Å²) in [7, 11) is 3.40. The quantitative estimate of drug-likeness (QED) is 0.374. The maximum atomic E-state index is 12.6. The molecule has 2 aliphatic rings. The zero-order valence-electron chi connectivity index (χ0n) is 21.0. The minimum Gasteiger partial charge on any atom is -0.466 e. The standard InChI is InChI=1S/C27H31Cl2N3O4S/c1-31-8-7-19(27(34)35-2)12-20-13-22(4-6-25(20)31)37-17-26(33)30-14-21-16-32(9-10-36-21)15-18-3-5-23(28)24(29)11-18/h3-6,11-13,21H,7-10,14-17H2,1-2H3,(H,30,33). The van der Waals surface area contributed by atoms with Crippen LogP contribution in [-0.2, 0) is 25.6 Å². The van der Waals surface area contributed by atoms with Crippen molar-refractivity contribution in [2.45, 2.75) is 24.0 Å². The van der Waals surface area contributed by atoms with Gasteiger partial charge in [0.05, 0.1) is 35.6 Å². The maximum absolute atomic E-state index is 12.6. The molecule has 1 fully saturated rings. The summed E-state index contributed by atoms with van der Waals surface area (Å²) >= 11 is 13.6. The van der Waals surface area contributed by atoms with Gasteiger partial charge in [0.1, 0.15) is 0 Å². The number of benzene rings is 2. The molecule has 1 saturated heterocycles. The normalized spacial score (nSPS) is 18.0. The minimum absolute atomic E-state index is 0.0481. The third-order valence-corrected chi connectivity index (χ3v) is 8.15. The van der Waals surface area contributed by atoms with Crippen LogP contribution >= 0.6 is 35.0 Å². The van der Waals surface area contributed by atoms with Crippen molar-refractivity contribution >= 4 is 58.6 Å². The van der Waals surface area contributed by atoms with Crippen LogP contribution in [0.3, 0.4) is 0 Å². The summed E-state index contributed by atoms with van der Waals surface area (Å²) in [4.78, 5) is 30.0. The van der Waals surface area contributed by atoms with Gasteiger partial charge in [-0.25, -0.2) is 4.79 Å². The Balaban J connectivity index is 1.27. The first-order valence-electron chi connectivity index (χ1n) is 12.1. The number of carbonyl (C=O) groups excluding carboxylic acids is 2. The second kappa shape index (κ2) is 13.0. The summed E-state index contributed by atoms with van der Waals surface area (Å²) in [6.45, 7) is 4.09. The molecule has 198 valence electrons. The van der Waals surface area contributed by atoms with Gasteiger partial charge in [-0.15, -0.1) is 11.8 Å². The van der Waals surface area contributed by atoms with E-state index < -0.39 is 0 Å². The number of hydrogen-bond acceptors (Lipinski definition) is 7. The lowest BCUT2D eigenvalue weighted by molar-refractivity contribution is -0.136. The number of ether oxygens (including phenoxy) is 2. The summed E-state index contributed by atoms with van der Waals surface area (Å²) in [5.74, 6) is -0.0609. The van der Waals surface area contributed by atoms with E-state index >= 15 is 0 Å². The Morgan fingerprint density at radius 3 is 2.78 bits per heavy atom. The first-order valence-corrected chi connectivity index (χ1v) is 13.9. The monoisotopic (exact) mass is 563 g/mol. The summed E-state index contributed by atoms with van der Waals surface area (Å²) in [5, 5.41) is 4.10. The number of nitrogens with one attached hydrogen (secondary N) is 1. The summed E-state index contributed by atoms with van der Waals surface area (Å²) in [6.07, 6.45) is 2.44. The van der Waals surface area contributed by atoms with E-state index in [-0.39, 0.29) is 18.0 Å². The second-order valence-electron chi connectivity index (χ2n) is 9.12. The molecule has 2 aliphatic heterocycles. The molecule has 2 aromatic carbocycles. The van der Waals surface area contributed by atoms with Crippen LogP contribution in [0.15, 0.2) is 46.9 Å². The lowest BCUT2D eigenvalue weighted by atomic mass is 10.1. The molecule has 4 rings (SSSR count). The first kappa shape index (κ1) is 27.8. The Kier molecular flexibility index (Phi) is 9.78. The Morgan fingerprint density at radius 1 is 1.16 bits per heavy atom. The van der Waals surface area contributed by atoms with Gasteiger partial charge in [0.15, 0.2) is 0 Å². The molecule has 2 aromatic rings. The SMILES string of the molecule is COC(=O)C1=Cc2cc(SCC(=O)NCC3CN(Cc4ccc(Cl)c(Cl)c4)CCO3)ccc2N(C)CC1. The lowest BCUT2D eigenvalue weighted by Crippen LogP contribution is -2.47. The summed E-state index contributed by atoms with van der Waals surface area (Å²) < 4.78 is 10.8. The van der Waals surface area contributed by atoms with Gasteiger partial charge in [0.2, 0.25) is 5.91 Å². The molecular formula is C27H31Cl2N3O4S. The van der Waals surface area contributed by atoms with Gasteiger partial charge in [-0.1, -0.05) is 29.3 Å². The molecule has 10 heteroatoms. The Labute approximate surface area is 232 Å².